The maximum atomic E-state index is 5.49. The van der Waals surface area contributed by atoms with Gasteiger partial charge in [-0.2, -0.15) is 0 Å². The molecule has 0 saturated heterocycles. The number of benzene rings is 1. The summed E-state index contributed by atoms with van der Waals surface area (Å²) in [6.45, 7) is 1.82. The Morgan fingerprint density at radius 1 is 1.38 bits per heavy atom. The number of hydrogen-bond donors (Lipinski definition) is 0. The van der Waals surface area contributed by atoms with Crippen molar-refractivity contribution in [3.8, 4) is 5.75 Å². The van der Waals surface area contributed by atoms with E-state index in [1.54, 1.807) is 0 Å². The molecule has 0 unspecified atom stereocenters. The molecule has 0 bridgehead atoms. The van der Waals surface area contributed by atoms with Crippen LogP contribution in [0.1, 0.15) is 11.1 Å². The molecule has 1 aromatic heterocycles. The maximum Gasteiger partial charge on any atom is 0.122 e. The lowest BCUT2D eigenvalue weighted by molar-refractivity contribution is 0.357. The molecule has 2 heterocycles. The highest BCUT2D eigenvalue weighted by atomic mass is 16.5. The molecule has 1 aliphatic rings. The first kappa shape index (κ1) is 9.46. The van der Waals surface area contributed by atoms with E-state index in [4.69, 9.17) is 4.74 Å². The number of aromatic nitrogens is 2. The van der Waals surface area contributed by atoms with Gasteiger partial charge in [0.25, 0.3) is 0 Å². The van der Waals surface area contributed by atoms with Crippen LogP contribution in [0.3, 0.4) is 0 Å². The van der Waals surface area contributed by atoms with Crippen LogP contribution in [-0.4, -0.2) is 16.2 Å². The summed E-state index contributed by atoms with van der Waals surface area (Å²) in [5, 5.41) is 0. The first-order valence-corrected chi connectivity index (χ1v) is 5.62. The summed E-state index contributed by atoms with van der Waals surface area (Å²) < 4.78 is 7.59. The number of nitrogens with zero attached hydrogens (tertiary/aromatic N) is 2. The Morgan fingerprint density at radius 2 is 2.38 bits per heavy atom. The Kier molecular flexibility index (Phi) is 2.37. The zero-order valence-corrected chi connectivity index (χ0v) is 9.10. The van der Waals surface area contributed by atoms with Gasteiger partial charge in [-0.1, -0.05) is 12.1 Å². The summed E-state index contributed by atoms with van der Waals surface area (Å²) in [5.41, 5.74) is 2.72. The van der Waals surface area contributed by atoms with E-state index in [1.165, 1.54) is 11.1 Å². The number of ether oxygens (including phenoxy) is 1. The molecule has 0 N–H and O–H groups in total. The number of imidazole rings is 1. The molecular weight excluding hydrogens is 200 g/mol. The molecule has 0 atom stereocenters. The average molecular weight is 214 g/mol. The molecule has 3 nitrogen and oxygen atoms in total. The van der Waals surface area contributed by atoms with Gasteiger partial charge in [-0.15, -0.1) is 0 Å². The summed E-state index contributed by atoms with van der Waals surface area (Å²) in [6, 6.07) is 6.51. The van der Waals surface area contributed by atoms with Crippen molar-refractivity contribution in [1.82, 2.24) is 9.55 Å². The molecule has 3 heteroatoms. The predicted octanol–water partition coefficient (Wildman–Crippen LogP) is 2.06. The van der Waals surface area contributed by atoms with Gasteiger partial charge in [0.15, 0.2) is 0 Å². The Labute approximate surface area is 94.7 Å². The fraction of sp³-hybridized carbons (Fsp3) is 0.308. The minimum Gasteiger partial charge on any atom is -0.493 e. The molecule has 0 fully saturated rings. The van der Waals surface area contributed by atoms with E-state index in [0.29, 0.717) is 0 Å². The van der Waals surface area contributed by atoms with Crippen LogP contribution in [0.4, 0.5) is 0 Å². The van der Waals surface area contributed by atoms with Crippen molar-refractivity contribution >= 4 is 0 Å². The minimum absolute atomic E-state index is 0.834. The smallest absolute Gasteiger partial charge is 0.122 e. The molecule has 2 aromatic rings. The lowest BCUT2D eigenvalue weighted by Crippen LogP contribution is -1.98. The number of aryl methyl sites for hydroxylation is 2. The molecule has 0 amide bonds. The zero-order chi connectivity index (χ0) is 10.8. The fourth-order valence-corrected chi connectivity index (χ4v) is 2.07. The first-order valence-electron chi connectivity index (χ1n) is 5.62. The van der Waals surface area contributed by atoms with Crippen LogP contribution in [-0.2, 0) is 19.4 Å². The monoisotopic (exact) mass is 214 g/mol. The summed E-state index contributed by atoms with van der Waals surface area (Å²) >= 11 is 0. The van der Waals surface area contributed by atoms with Crippen LogP contribution in [0.25, 0.3) is 0 Å². The summed E-state index contributed by atoms with van der Waals surface area (Å²) in [6.07, 6.45) is 7.77. The van der Waals surface area contributed by atoms with Crippen LogP contribution in [0.2, 0.25) is 0 Å². The molecule has 3 rings (SSSR count). The molecule has 0 radical (unpaired) electrons. The van der Waals surface area contributed by atoms with E-state index in [2.05, 4.69) is 27.8 Å². The highest BCUT2D eigenvalue weighted by Crippen LogP contribution is 2.26. The Morgan fingerprint density at radius 3 is 3.25 bits per heavy atom. The average Bonchev–Trinajstić information content (AvgIpc) is 2.97. The van der Waals surface area contributed by atoms with E-state index in [1.807, 2.05) is 18.7 Å². The van der Waals surface area contributed by atoms with Crippen molar-refractivity contribution in [3.63, 3.8) is 0 Å². The fourth-order valence-electron chi connectivity index (χ4n) is 2.07. The summed E-state index contributed by atoms with van der Waals surface area (Å²) in [5.74, 6) is 1.06. The summed E-state index contributed by atoms with van der Waals surface area (Å²) in [4.78, 5) is 4.04. The standard InChI is InChI=1S/C13H14N2O/c1-2-13-12(4-8-16-13)9-11(1)3-6-15-7-5-14-10-15/h1-2,5,7,9-10H,3-4,6,8H2. The van der Waals surface area contributed by atoms with Crippen molar-refractivity contribution in [1.29, 1.82) is 0 Å². The van der Waals surface area contributed by atoms with E-state index in [9.17, 15) is 0 Å². The molecule has 82 valence electrons. The second kappa shape index (κ2) is 4.00. The molecule has 1 aromatic carbocycles. The molecular formula is C13H14N2O. The van der Waals surface area contributed by atoms with Crippen molar-refractivity contribution < 1.29 is 4.74 Å². The van der Waals surface area contributed by atoms with Gasteiger partial charge in [0.05, 0.1) is 12.9 Å². The van der Waals surface area contributed by atoms with Crippen LogP contribution < -0.4 is 4.74 Å². The zero-order valence-electron chi connectivity index (χ0n) is 9.10. The third kappa shape index (κ3) is 1.81. The number of hydrogen-bond acceptors (Lipinski definition) is 2. The van der Waals surface area contributed by atoms with Gasteiger partial charge in [-0.3, -0.25) is 0 Å². The van der Waals surface area contributed by atoms with Gasteiger partial charge >= 0.3 is 0 Å². The van der Waals surface area contributed by atoms with Gasteiger partial charge in [0.2, 0.25) is 0 Å². The second-order valence-electron chi connectivity index (χ2n) is 4.09. The Bertz CT molecular complexity index is 477. The topological polar surface area (TPSA) is 27.1 Å². The predicted molar refractivity (Wildman–Crippen MR) is 61.6 cm³/mol. The highest BCUT2D eigenvalue weighted by molar-refractivity contribution is 5.39. The molecule has 0 spiro atoms. The second-order valence-corrected chi connectivity index (χ2v) is 4.09. The van der Waals surface area contributed by atoms with E-state index < -0.39 is 0 Å². The SMILES string of the molecule is c1cn(CCc2ccc3c(c2)CCO3)cn1. The maximum absolute atomic E-state index is 5.49. The van der Waals surface area contributed by atoms with E-state index in [-0.39, 0.29) is 0 Å². The molecule has 0 aliphatic carbocycles. The molecule has 0 saturated carbocycles. The highest BCUT2D eigenvalue weighted by Gasteiger charge is 2.11. The van der Waals surface area contributed by atoms with Gasteiger partial charge in [-0.25, -0.2) is 4.98 Å². The van der Waals surface area contributed by atoms with Crippen LogP contribution in [0.5, 0.6) is 5.75 Å². The Balaban J connectivity index is 1.71. The largest absolute Gasteiger partial charge is 0.493 e. The first-order chi connectivity index (χ1) is 7.92. The third-order valence-electron chi connectivity index (χ3n) is 2.97. The van der Waals surface area contributed by atoms with Gasteiger partial charge in [-0.05, 0) is 23.6 Å². The van der Waals surface area contributed by atoms with Crippen LogP contribution in [0, 0.1) is 0 Å². The van der Waals surface area contributed by atoms with Crippen LogP contribution in [0.15, 0.2) is 36.9 Å². The lowest BCUT2D eigenvalue weighted by Gasteiger charge is -2.04. The van der Waals surface area contributed by atoms with Crippen molar-refractivity contribution in [2.75, 3.05) is 6.61 Å². The van der Waals surface area contributed by atoms with Crippen molar-refractivity contribution in [2.45, 2.75) is 19.4 Å². The van der Waals surface area contributed by atoms with Crippen LogP contribution >= 0.6 is 0 Å². The van der Waals surface area contributed by atoms with Gasteiger partial charge in [0, 0.05) is 25.4 Å². The number of rotatable bonds is 3. The quantitative estimate of drug-likeness (QED) is 0.782. The van der Waals surface area contributed by atoms with Gasteiger partial charge < -0.3 is 9.30 Å². The minimum atomic E-state index is 0.834. The third-order valence-corrected chi connectivity index (χ3v) is 2.97. The van der Waals surface area contributed by atoms with E-state index in [0.717, 1.165) is 31.7 Å². The molecule has 16 heavy (non-hydrogen) atoms. The molecule has 1 aliphatic heterocycles. The van der Waals surface area contributed by atoms with Crippen molar-refractivity contribution in [2.24, 2.45) is 0 Å². The van der Waals surface area contributed by atoms with E-state index >= 15 is 0 Å². The van der Waals surface area contributed by atoms with Crippen molar-refractivity contribution in [3.05, 3.63) is 48.0 Å². The van der Waals surface area contributed by atoms with Gasteiger partial charge in [0.1, 0.15) is 5.75 Å². The normalized spacial score (nSPS) is 13.5. The Hall–Kier alpha value is -1.77. The summed E-state index contributed by atoms with van der Waals surface area (Å²) in [7, 11) is 0. The number of fused-ring (bicyclic) bond motifs is 1. The lowest BCUT2D eigenvalue weighted by atomic mass is 10.1.